The average Bonchev–Trinajstić information content (AvgIpc) is 2.93. The highest BCUT2D eigenvalue weighted by Gasteiger charge is 2.21. The van der Waals surface area contributed by atoms with Crippen LogP contribution in [0.4, 0.5) is 17.3 Å². The molecule has 1 aromatic rings. The molecule has 7 nitrogen and oxygen atoms in total. The van der Waals surface area contributed by atoms with Gasteiger partial charge in [-0.2, -0.15) is 0 Å². The van der Waals surface area contributed by atoms with Crippen LogP contribution in [0, 0.1) is 16.0 Å². The third-order valence-electron chi connectivity index (χ3n) is 3.77. The molecule has 1 saturated heterocycles. The minimum atomic E-state index is -0.387. The molecule has 2 heterocycles. The molecule has 0 aliphatic carbocycles. The summed E-state index contributed by atoms with van der Waals surface area (Å²) in [6.45, 7) is 8.88. The zero-order valence-corrected chi connectivity index (χ0v) is 12.6. The molecule has 1 fully saturated rings. The molecule has 1 atom stereocenters. The number of nitrogens with zero attached hydrogens (tertiary/aromatic N) is 3. The van der Waals surface area contributed by atoms with Crippen LogP contribution in [-0.4, -0.2) is 47.5 Å². The van der Waals surface area contributed by atoms with Gasteiger partial charge in [0.1, 0.15) is 11.6 Å². The van der Waals surface area contributed by atoms with E-state index in [0.29, 0.717) is 24.1 Å². The van der Waals surface area contributed by atoms with E-state index in [1.807, 2.05) is 6.92 Å². The quantitative estimate of drug-likeness (QED) is 0.592. The van der Waals surface area contributed by atoms with Gasteiger partial charge in [-0.1, -0.05) is 6.92 Å². The topological polar surface area (TPSA) is 83.3 Å². The smallest absolute Gasteiger partial charge is 0.276 e. The number of nitrogens with one attached hydrogen (secondary N) is 2. The highest BCUT2D eigenvalue weighted by Crippen LogP contribution is 2.22. The molecular weight excluding hydrogens is 270 g/mol. The lowest BCUT2D eigenvalue weighted by atomic mass is 10.1. The van der Waals surface area contributed by atoms with E-state index in [-0.39, 0.29) is 10.6 Å². The fourth-order valence-corrected chi connectivity index (χ4v) is 2.60. The van der Waals surface area contributed by atoms with Gasteiger partial charge in [-0.15, -0.1) is 0 Å². The maximum absolute atomic E-state index is 11.0. The van der Waals surface area contributed by atoms with Crippen LogP contribution in [0.15, 0.2) is 12.1 Å². The van der Waals surface area contributed by atoms with E-state index in [4.69, 9.17) is 0 Å². The number of hydrogen-bond donors (Lipinski definition) is 2. The SMILES string of the molecule is CCNc1cc([N+](=O)[O-])cc(NCC2CCN(CC)C2)n1. The van der Waals surface area contributed by atoms with Crippen molar-refractivity contribution in [2.24, 2.45) is 5.92 Å². The molecular formula is C14H23N5O2. The fourth-order valence-electron chi connectivity index (χ4n) is 2.60. The Hall–Kier alpha value is -1.89. The van der Waals surface area contributed by atoms with Gasteiger partial charge in [-0.05, 0) is 32.4 Å². The van der Waals surface area contributed by atoms with Crippen molar-refractivity contribution in [3.63, 3.8) is 0 Å². The van der Waals surface area contributed by atoms with Crippen LogP contribution in [-0.2, 0) is 0 Å². The van der Waals surface area contributed by atoms with Crippen molar-refractivity contribution in [1.29, 1.82) is 0 Å². The Balaban J connectivity index is 2.00. The van der Waals surface area contributed by atoms with Crippen LogP contribution in [0.3, 0.4) is 0 Å². The molecule has 0 spiro atoms. The summed E-state index contributed by atoms with van der Waals surface area (Å²) in [5.74, 6) is 1.68. The molecule has 0 aromatic carbocycles. The molecule has 0 amide bonds. The summed E-state index contributed by atoms with van der Waals surface area (Å²) in [4.78, 5) is 17.4. The van der Waals surface area contributed by atoms with E-state index in [1.54, 1.807) is 0 Å². The number of likely N-dealkylation sites (tertiary alicyclic amines) is 1. The van der Waals surface area contributed by atoms with Gasteiger partial charge >= 0.3 is 0 Å². The van der Waals surface area contributed by atoms with E-state index in [9.17, 15) is 10.1 Å². The first-order valence-corrected chi connectivity index (χ1v) is 7.49. The number of hydrogen-bond acceptors (Lipinski definition) is 6. The average molecular weight is 293 g/mol. The molecule has 1 aliphatic heterocycles. The van der Waals surface area contributed by atoms with Gasteiger partial charge in [-0.3, -0.25) is 10.1 Å². The third-order valence-corrected chi connectivity index (χ3v) is 3.77. The van der Waals surface area contributed by atoms with Crippen molar-refractivity contribution in [3.8, 4) is 0 Å². The largest absolute Gasteiger partial charge is 0.370 e. The summed E-state index contributed by atoms with van der Waals surface area (Å²) in [5, 5.41) is 17.2. The molecule has 1 aliphatic rings. The molecule has 0 radical (unpaired) electrons. The zero-order chi connectivity index (χ0) is 15.2. The van der Waals surface area contributed by atoms with Gasteiger partial charge in [-0.25, -0.2) is 4.98 Å². The summed E-state index contributed by atoms with van der Waals surface area (Å²) in [5.41, 5.74) is 0.0602. The van der Waals surface area contributed by atoms with Gasteiger partial charge in [0.15, 0.2) is 0 Å². The Kier molecular flexibility index (Phi) is 5.32. The van der Waals surface area contributed by atoms with Crippen molar-refractivity contribution in [1.82, 2.24) is 9.88 Å². The predicted octanol–water partition coefficient (Wildman–Crippen LogP) is 2.18. The van der Waals surface area contributed by atoms with Crippen LogP contribution in [0.25, 0.3) is 0 Å². The van der Waals surface area contributed by atoms with Gasteiger partial charge in [0.05, 0.1) is 17.1 Å². The number of pyridine rings is 1. The maximum Gasteiger partial charge on any atom is 0.276 e. The molecule has 7 heteroatoms. The predicted molar refractivity (Wildman–Crippen MR) is 83.8 cm³/mol. The summed E-state index contributed by atoms with van der Waals surface area (Å²) < 4.78 is 0. The Morgan fingerprint density at radius 1 is 1.38 bits per heavy atom. The Labute approximate surface area is 124 Å². The van der Waals surface area contributed by atoms with E-state index in [0.717, 1.165) is 32.6 Å². The lowest BCUT2D eigenvalue weighted by Gasteiger charge is -2.14. The van der Waals surface area contributed by atoms with E-state index >= 15 is 0 Å². The van der Waals surface area contributed by atoms with Crippen molar-refractivity contribution in [2.75, 3.05) is 43.4 Å². The highest BCUT2D eigenvalue weighted by molar-refractivity contribution is 5.54. The summed E-state index contributed by atoms with van der Waals surface area (Å²) in [6, 6.07) is 2.95. The second kappa shape index (κ2) is 7.21. The zero-order valence-electron chi connectivity index (χ0n) is 12.6. The summed E-state index contributed by atoms with van der Waals surface area (Å²) in [7, 11) is 0. The minimum Gasteiger partial charge on any atom is -0.370 e. The molecule has 2 N–H and O–H groups in total. The van der Waals surface area contributed by atoms with Gasteiger partial charge in [0.2, 0.25) is 0 Å². The standard InChI is InChI=1S/C14H23N5O2/c1-3-15-13-7-12(19(20)21)8-14(17-13)16-9-11-5-6-18(4-2)10-11/h7-8,11H,3-6,9-10H2,1-2H3,(H2,15,16,17). The van der Waals surface area contributed by atoms with Gasteiger partial charge in [0.25, 0.3) is 5.69 Å². The van der Waals surface area contributed by atoms with Crippen LogP contribution >= 0.6 is 0 Å². The Morgan fingerprint density at radius 2 is 2.10 bits per heavy atom. The normalized spacial score (nSPS) is 18.7. The molecule has 2 rings (SSSR count). The number of nitro groups is 1. The molecule has 0 bridgehead atoms. The minimum absolute atomic E-state index is 0.0602. The summed E-state index contributed by atoms with van der Waals surface area (Å²) >= 11 is 0. The first-order chi connectivity index (χ1) is 10.1. The summed E-state index contributed by atoms with van der Waals surface area (Å²) in [6.07, 6.45) is 1.16. The fraction of sp³-hybridized carbons (Fsp3) is 0.643. The molecule has 1 aromatic heterocycles. The third kappa shape index (κ3) is 4.29. The van der Waals surface area contributed by atoms with Crippen molar-refractivity contribution >= 4 is 17.3 Å². The van der Waals surface area contributed by atoms with Crippen LogP contribution in [0.1, 0.15) is 20.3 Å². The molecule has 116 valence electrons. The lowest BCUT2D eigenvalue weighted by molar-refractivity contribution is -0.384. The number of rotatable bonds is 7. The van der Waals surface area contributed by atoms with Crippen LogP contribution in [0.5, 0.6) is 0 Å². The monoisotopic (exact) mass is 293 g/mol. The van der Waals surface area contributed by atoms with E-state index in [1.165, 1.54) is 12.1 Å². The first-order valence-electron chi connectivity index (χ1n) is 7.49. The number of anilines is 2. The molecule has 0 saturated carbocycles. The second-order valence-corrected chi connectivity index (χ2v) is 5.31. The van der Waals surface area contributed by atoms with E-state index in [2.05, 4.69) is 27.4 Å². The van der Waals surface area contributed by atoms with Gasteiger partial charge in [0, 0.05) is 19.6 Å². The second-order valence-electron chi connectivity index (χ2n) is 5.31. The van der Waals surface area contributed by atoms with Crippen LogP contribution in [0.2, 0.25) is 0 Å². The van der Waals surface area contributed by atoms with Gasteiger partial charge < -0.3 is 15.5 Å². The lowest BCUT2D eigenvalue weighted by Crippen LogP contribution is -2.22. The maximum atomic E-state index is 11.0. The highest BCUT2D eigenvalue weighted by atomic mass is 16.6. The van der Waals surface area contributed by atoms with Crippen molar-refractivity contribution in [3.05, 3.63) is 22.2 Å². The van der Waals surface area contributed by atoms with Crippen molar-refractivity contribution < 1.29 is 4.92 Å². The molecule has 1 unspecified atom stereocenters. The van der Waals surface area contributed by atoms with Crippen LogP contribution < -0.4 is 10.6 Å². The number of aromatic nitrogens is 1. The molecule has 21 heavy (non-hydrogen) atoms. The van der Waals surface area contributed by atoms with Crippen molar-refractivity contribution in [2.45, 2.75) is 20.3 Å². The first kappa shape index (κ1) is 15.5. The Bertz CT molecular complexity index is 494. The Morgan fingerprint density at radius 3 is 2.67 bits per heavy atom. The van der Waals surface area contributed by atoms with E-state index < -0.39 is 0 Å².